The second kappa shape index (κ2) is 13.8. The quantitative estimate of drug-likeness (QED) is 0.160. The number of benzene rings is 4. The fourth-order valence-corrected chi connectivity index (χ4v) is 8.38. The van der Waals surface area contributed by atoms with E-state index in [2.05, 4.69) is 20.6 Å². The summed E-state index contributed by atoms with van der Waals surface area (Å²) in [4.78, 5) is 9.05. The van der Waals surface area contributed by atoms with Gasteiger partial charge in [-0.15, -0.1) is 0 Å². The van der Waals surface area contributed by atoms with Crippen molar-refractivity contribution < 1.29 is 28.1 Å². The first kappa shape index (κ1) is 34.6. The van der Waals surface area contributed by atoms with Crippen LogP contribution in [0.15, 0.2) is 101 Å². The maximum Gasteiger partial charge on any atom is 0.417 e. The van der Waals surface area contributed by atoms with Gasteiger partial charge in [0.25, 0.3) is 0 Å². The molecule has 4 aromatic rings. The van der Waals surface area contributed by atoms with E-state index in [-0.39, 0.29) is 17.6 Å². The van der Waals surface area contributed by atoms with Gasteiger partial charge in [-0.05, 0) is 94.5 Å². The monoisotopic (exact) mass is 708 g/mol. The number of aliphatic imine (C=N–C) groups is 2. The van der Waals surface area contributed by atoms with Gasteiger partial charge >= 0.3 is 6.18 Å². The van der Waals surface area contributed by atoms with Crippen LogP contribution in [0, 0.1) is 5.92 Å². The molecule has 8 rings (SSSR count). The normalized spacial score (nSPS) is 26.3. The number of hydrogen-bond donors (Lipinski definition) is 4. The Hall–Kier alpha value is -4.51. The van der Waals surface area contributed by atoms with E-state index in [1.165, 1.54) is 6.07 Å². The molecule has 0 aromatic heterocycles. The molecule has 3 aliphatic heterocycles. The zero-order chi connectivity index (χ0) is 35.9. The van der Waals surface area contributed by atoms with Crippen molar-refractivity contribution in [3.63, 3.8) is 0 Å². The van der Waals surface area contributed by atoms with E-state index < -0.39 is 22.9 Å². The van der Waals surface area contributed by atoms with Gasteiger partial charge in [0.1, 0.15) is 11.9 Å². The maximum atomic E-state index is 14.5. The zero-order valence-electron chi connectivity index (χ0n) is 28.9. The predicted molar refractivity (Wildman–Crippen MR) is 197 cm³/mol. The first-order valence-corrected chi connectivity index (χ1v) is 18.2. The number of nitrogens with one attached hydrogen (secondary N) is 2. The third-order valence-corrected chi connectivity index (χ3v) is 11.2. The van der Waals surface area contributed by atoms with Crippen LogP contribution in [0.25, 0.3) is 33.4 Å². The first-order valence-electron chi connectivity index (χ1n) is 18.2. The van der Waals surface area contributed by atoms with Crippen molar-refractivity contribution >= 4 is 11.7 Å². The van der Waals surface area contributed by atoms with Crippen molar-refractivity contribution in [2.75, 3.05) is 32.8 Å². The summed E-state index contributed by atoms with van der Waals surface area (Å²) < 4.78 is 49.4. The van der Waals surface area contributed by atoms with Crippen molar-refractivity contribution in [1.82, 2.24) is 10.6 Å². The number of rotatable bonds is 7. The second-order valence-electron chi connectivity index (χ2n) is 14.6. The highest BCUT2D eigenvalue weighted by atomic mass is 19.4. The van der Waals surface area contributed by atoms with Crippen LogP contribution in [0.4, 0.5) is 13.2 Å². The molecule has 4 atom stereocenters. The standard InChI is InChI=1S/C42H43F3N4O3/c43-42(44,45)36-14-13-34(40(50)15-3-8-32(25-40)38-46-17-18-47-38)24-35(36)31-7-2-6-30(23-31)29-5-1-4-28(22-29)27-9-11-33(12-10-27)41(51)16-21-52-37(26-41)39-48-19-20-49-39/h1-2,4-7,9-14,22-24,32,37,50-51H,3,8,15-21,25-26H2,(H,46,47)(H,48,49). The summed E-state index contributed by atoms with van der Waals surface area (Å²) in [6, 6.07) is 27.1. The lowest BCUT2D eigenvalue weighted by Crippen LogP contribution is -2.45. The number of alkyl halides is 3. The predicted octanol–water partition coefficient (Wildman–Crippen LogP) is 7.45. The summed E-state index contributed by atoms with van der Waals surface area (Å²) in [5, 5.41) is 30.1. The van der Waals surface area contributed by atoms with E-state index >= 15 is 0 Å². The van der Waals surface area contributed by atoms with E-state index in [4.69, 9.17) is 4.74 Å². The third kappa shape index (κ3) is 6.87. The highest BCUT2D eigenvalue weighted by molar-refractivity contribution is 5.88. The van der Waals surface area contributed by atoms with Gasteiger partial charge in [0.2, 0.25) is 0 Å². The number of nitrogens with zero attached hydrogens (tertiary/aromatic N) is 2. The van der Waals surface area contributed by atoms with Gasteiger partial charge in [-0.1, -0.05) is 66.7 Å². The van der Waals surface area contributed by atoms with Crippen LogP contribution in [-0.4, -0.2) is 60.8 Å². The third-order valence-electron chi connectivity index (χ3n) is 11.2. The average molecular weight is 709 g/mol. The molecule has 4 unspecified atom stereocenters. The Morgan fingerprint density at radius 2 is 1.29 bits per heavy atom. The van der Waals surface area contributed by atoms with Crippen LogP contribution in [0.5, 0.6) is 0 Å². The van der Waals surface area contributed by atoms with Crippen LogP contribution >= 0.6 is 0 Å². The Morgan fingerprint density at radius 1 is 0.673 bits per heavy atom. The molecule has 4 N–H and O–H groups in total. The largest absolute Gasteiger partial charge is 0.417 e. The van der Waals surface area contributed by atoms with Gasteiger partial charge < -0.3 is 25.6 Å². The summed E-state index contributed by atoms with van der Waals surface area (Å²) in [7, 11) is 0. The molecule has 0 bridgehead atoms. The summed E-state index contributed by atoms with van der Waals surface area (Å²) in [5.74, 6) is 1.75. The minimum Gasteiger partial charge on any atom is -0.385 e. The smallest absolute Gasteiger partial charge is 0.385 e. The molecule has 10 heteroatoms. The second-order valence-corrected chi connectivity index (χ2v) is 14.6. The van der Waals surface area contributed by atoms with Crippen molar-refractivity contribution in [2.45, 2.75) is 62.0 Å². The molecular weight excluding hydrogens is 665 g/mol. The lowest BCUT2D eigenvalue weighted by molar-refractivity contribution is -0.137. The minimum absolute atomic E-state index is 0.0485. The van der Waals surface area contributed by atoms with Crippen molar-refractivity contribution in [3.8, 4) is 33.4 Å². The summed E-state index contributed by atoms with van der Waals surface area (Å²) in [6.07, 6.45) is -1.37. The van der Waals surface area contributed by atoms with Crippen LogP contribution < -0.4 is 10.6 Å². The highest BCUT2D eigenvalue weighted by Crippen LogP contribution is 2.45. The molecule has 4 aliphatic rings. The number of ether oxygens (including phenoxy) is 1. The molecular formula is C42H43F3N4O3. The van der Waals surface area contributed by atoms with Crippen LogP contribution in [0.3, 0.4) is 0 Å². The zero-order valence-corrected chi connectivity index (χ0v) is 28.9. The topological polar surface area (TPSA) is 98.5 Å². The highest BCUT2D eigenvalue weighted by Gasteiger charge is 2.41. The Labute approximate surface area is 301 Å². The Bertz CT molecular complexity index is 2010. The molecule has 1 aliphatic carbocycles. The number of amidine groups is 2. The molecule has 4 aromatic carbocycles. The SMILES string of the molecule is OC1(c2ccc(C(F)(F)F)c(-c3cccc(-c4cccc(-c5ccc(C6(O)CCOC(C7=NCCN7)C6)cc5)c4)c3)c2)CCCC(C2=NCCN2)C1. The average Bonchev–Trinajstić information content (AvgIpc) is 3.91. The molecule has 52 heavy (non-hydrogen) atoms. The summed E-state index contributed by atoms with van der Waals surface area (Å²) in [6.45, 7) is 3.42. The molecule has 270 valence electrons. The van der Waals surface area contributed by atoms with E-state index in [0.717, 1.165) is 71.5 Å². The van der Waals surface area contributed by atoms with Gasteiger partial charge in [0.15, 0.2) is 0 Å². The molecule has 1 saturated heterocycles. The van der Waals surface area contributed by atoms with Crippen LogP contribution in [0.1, 0.15) is 55.2 Å². The molecule has 7 nitrogen and oxygen atoms in total. The van der Waals surface area contributed by atoms with E-state index in [0.29, 0.717) is 56.5 Å². The number of halogens is 3. The van der Waals surface area contributed by atoms with Crippen LogP contribution in [0.2, 0.25) is 0 Å². The molecule has 0 spiro atoms. The minimum atomic E-state index is -4.57. The van der Waals surface area contributed by atoms with E-state index in [1.54, 1.807) is 24.3 Å². The molecule has 1 saturated carbocycles. The van der Waals surface area contributed by atoms with Gasteiger partial charge in [-0.3, -0.25) is 9.98 Å². The van der Waals surface area contributed by atoms with Crippen molar-refractivity contribution in [3.05, 3.63) is 108 Å². The van der Waals surface area contributed by atoms with Gasteiger partial charge in [-0.2, -0.15) is 13.2 Å². The van der Waals surface area contributed by atoms with Crippen molar-refractivity contribution in [2.24, 2.45) is 15.9 Å². The van der Waals surface area contributed by atoms with E-state index in [1.807, 2.05) is 54.6 Å². The van der Waals surface area contributed by atoms with Gasteiger partial charge in [0, 0.05) is 31.8 Å². The van der Waals surface area contributed by atoms with Crippen molar-refractivity contribution in [1.29, 1.82) is 0 Å². The van der Waals surface area contributed by atoms with Gasteiger partial charge in [-0.25, -0.2) is 0 Å². The van der Waals surface area contributed by atoms with Gasteiger partial charge in [0.05, 0.1) is 42.3 Å². The maximum absolute atomic E-state index is 14.5. The lowest BCUT2D eigenvalue weighted by Gasteiger charge is -2.37. The molecule has 2 fully saturated rings. The number of hydrogen-bond acceptors (Lipinski definition) is 7. The summed E-state index contributed by atoms with van der Waals surface area (Å²) >= 11 is 0. The Kier molecular flexibility index (Phi) is 9.18. The Balaban J connectivity index is 1.07. The summed E-state index contributed by atoms with van der Waals surface area (Å²) in [5.41, 5.74) is 2.35. The van der Waals surface area contributed by atoms with Crippen LogP contribution in [-0.2, 0) is 22.1 Å². The molecule has 3 heterocycles. The van der Waals surface area contributed by atoms with E-state index in [9.17, 15) is 23.4 Å². The molecule has 0 radical (unpaired) electrons. The fourth-order valence-electron chi connectivity index (χ4n) is 8.38. The lowest BCUT2D eigenvalue weighted by atomic mass is 9.73. The first-order chi connectivity index (χ1) is 25.1. The Morgan fingerprint density at radius 3 is 1.96 bits per heavy atom. The number of aliphatic hydroxyl groups is 2. The fraction of sp³-hybridized carbons (Fsp3) is 0.381. The molecule has 0 amide bonds.